The van der Waals surface area contributed by atoms with E-state index < -0.39 is 0 Å². The Morgan fingerprint density at radius 3 is 2.59 bits per heavy atom. The molecule has 0 aromatic heterocycles. The smallest absolute Gasteiger partial charge is 0.129 e. The number of halogens is 3. The Morgan fingerprint density at radius 1 is 1.41 bits per heavy atom. The molecular formula is C12H18Cl2FNO. The highest BCUT2D eigenvalue weighted by Crippen LogP contribution is 2.25. The maximum Gasteiger partial charge on any atom is 0.129 e. The van der Waals surface area contributed by atoms with Gasteiger partial charge >= 0.3 is 0 Å². The molecule has 0 spiro atoms. The van der Waals surface area contributed by atoms with Crippen molar-refractivity contribution in [3.8, 4) is 0 Å². The van der Waals surface area contributed by atoms with E-state index in [-0.39, 0.29) is 30.3 Å². The predicted molar refractivity (Wildman–Crippen MR) is 71.5 cm³/mol. The minimum absolute atomic E-state index is 0. The molecule has 98 valence electrons. The van der Waals surface area contributed by atoms with Crippen LogP contribution in [0.25, 0.3) is 0 Å². The molecule has 2 nitrogen and oxygen atoms in total. The normalized spacial score (nSPS) is 13.9. The van der Waals surface area contributed by atoms with E-state index in [0.717, 1.165) is 0 Å². The number of ether oxygens (including phenoxy) is 1. The van der Waals surface area contributed by atoms with E-state index in [1.165, 1.54) is 6.07 Å². The molecule has 1 aromatic rings. The Bertz CT molecular complexity index is 329. The van der Waals surface area contributed by atoms with Crippen LogP contribution in [0.5, 0.6) is 0 Å². The van der Waals surface area contributed by atoms with E-state index in [2.05, 4.69) is 5.32 Å². The van der Waals surface area contributed by atoms with Gasteiger partial charge in [0.15, 0.2) is 0 Å². The Balaban J connectivity index is 0.00000256. The first-order valence-corrected chi connectivity index (χ1v) is 5.63. The van der Waals surface area contributed by atoms with Gasteiger partial charge in [0.25, 0.3) is 0 Å². The molecule has 5 heteroatoms. The largest absolute Gasteiger partial charge is 0.383 e. The zero-order chi connectivity index (χ0) is 12.1. The fourth-order valence-electron chi connectivity index (χ4n) is 1.73. The van der Waals surface area contributed by atoms with Gasteiger partial charge in [-0.2, -0.15) is 0 Å². The van der Waals surface area contributed by atoms with Crippen molar-refractivity contribution < 1.29 is 9.13 Å². The Hall–Kier alpha value is -0.350. The lowest BCUT2D eigenvalue weighted by Crippen LogP contribution is -2.33. The van der Waals surface area contributed by atoms with Crippen LogP contribution in [0.1, 0.15) is 25.5 Å². The Kier molecular flexibility index (Phi) is 7.71. The first-order chi connectivity index (χ1) is 7.56. The van der Waals surface area contributed by atoms with Gasteiger partial charge in [-0.1, -0.05) is 17.7 Å². The fourth-order valence-corrected chi connectivity index (χ4v) is 2.06. The van der Waals surface area contributed by atoms with Gasteiger partial charge in [-0.3, -0.25) is 0 Å². The number of methoxy groups -OCH3 is 1. The predicted octanol–water partition coefficient (Wildman–Crippen LogP) is 3.59. The second kappa shape index (κ2) is 7.88. The molecule has 0 saturated carbocycles. The van der Waals surface area contributed by atoms with Crippen LogP contribution >= 0.6 is 24.0 Å². The summed E-state index contributed by atoms with van der Waals surface area (Å²) in [5.41, 5.74) is 0.507. The van der Waals surface area contributed by atoms with Crippen molar-refractivity contribution in [2.45, 2.75) is 25.9 Å². The molecule has 1 aromatic carbocycles. The van der Waals surface area contributed by atoms with E-state index >= 15 is 0 Å². The van der Waals surface area contributed by atoms with Crippen molar-refractivity contribution in [1.82, 2.24) is 5.32 Å². The Morgan fingerprint density at radius 2 is 2.06 bits per heavy atom. The lowest BCUT2D eigenvalue weighted by atomic mass is 10.1. The summed E-state index contributed by atoms with van der Waals surface area (Å²) >= 11 is 5.97. The number of rotatable bonds is 5. The molecule has 2 atom stereocenters. The number of hydrogen-bond acceptors (Lipinski definition) is 2. The van der Waals surface area contributed by atoms with Crippen LogP contribution in [0.15, 0.2) is 18.2 Å². The minimum atomic E-state index is -0.280. The first kappa shape index (κ1) is 16.6. The molecule has 0 bridgehead atoms. The van der Waals surface area contributed by atoms with E-state index in [1.54, 1.807) is 19.2 Å². The summed E-state index contributed by atoms with van der Waals surface area (Å²) in [5.74, 6) is -0.280. The minimum Gasteiger partial charge on any atom is -0.383 e. The summed E-state index contributed by atoms with van der Waals surface area (Å²) < 4.78 is 18.6. The molecule has 0 amide bonds. The quantitative estimate of drug-likeness (QED) is 0.891. The molecule has 0 fully saturated rings. The van der Waals surface area contributed by atoms with Gasteiger partial charge in [0.1, 0.15) is 5.82 Å². The Labute approximate surface area is 113 Å². The van der Waals surface area contributed by atoms with Crippen LogP contribution in [0.4, 0.5) is 4.39 Å². The standard InChI is InChI=1S/C12H17ClFNO.ClH/c1-8(7-16-3)15-9(2)12-10(13)5-4-6-11(12)14;/h4-6,8-9,15H,7H2,1-3H3;1H. The third-order valence-corrected chi connectivity index (χ3v) is 2.71. The van der Waals surface area contributed by atoms with Crippen LogP contribution in [0.2, 0.25) is 5.02 Å². The van der Waals surface area contributed by atoms with Gasteiger partial charge in [-0.15, -0.1) is 12.4 Å². The van der Waals surface area contributed by atoms with Gasteiger partial charge < -0.3 is 10.1 Å². The summed E-state index contributed by atoms with van der Waals surface area (Å²) in [5, 5.41) is 3.68. The fraction of sp³-hybridized carbons (Fsp3) is 0.500. The maximum atomic E-state index is 13.6. The van der Waals surface area contributed by atoms with Gasteiger partial charge in [-0.25, -0.2) is 4.39 Å². The van der Waals surface area contributed by atoms with Crippen LogP contribution in [-0.2, 0) is 4.74 Å². The second-order valence-corrected chi connectivity index (χ2v) is 4.29. The highest BCUT2D eigenvalue weighted by molar-refractivity contribution is 6.31. The molecule has 0 aliphatic heterocycles. The van der Waals surface area contributed by atoms with Gasteiger partial charge in [-0.05, 0) is 26.0 Å². The topological polar surface area (TPSA) is 21.3 Å². The van der Waals surface area contributed by atoms with E-state index in [0.29, 0.717) is 17.2 Å². The average molecular weight is 282 g/mol. The molecule has 1 N–H and O–H groups in total. The molecule has 2 unspecified atom stereocenters. The highest BCUT2D eigenvalue weighted by atomic mass is 35.5. The van der Waals surface area contributed by atoms with Crippen molar-refractivity contribution in [1.29, 1.82) is 0 Å². The summed E-state index contributed by atoms with van der Waals surface area (Å²) in [6.07, 6.45) is 0. The first-order valence-electron chi connectivity index (χ1n) is 5.25. The van der Waals surface area contributed by atoms with E-state index in [9.17, 15) is 4.39 Å². The van der Waals surface area contributed by atoms with Crippen LogP contribution < -0.4 is 5.32 Å². The van der Waals surface area contributed by atoms with Crippen LogP contribution in [0.3, 0.4) is 0 Å². The third kappa shape index (κ3) is 4.80. The van der Waals surface area contributed by atoms with Gasteiger partial charge in [0, 0.05) is 29.8 Å². The third-order valence-electron chi connectivity index (χ3n) is 2.38. The van der Waals surface area contributed by atoms with Crippen molar-refractivity contribution in [3.63, 3.8) is 0 Å². The number of hydrogen-bond donors (Lipinski definition) is 1. The monoisotopic (exact) mass is 281 g/mol. The zero-order valence-corrected chi connectivity index (χ0v) is 11.7. The van der Waals surface area contributed by atoms with Gasteiger partial charge in [0.05, 0.1) is 6.61 Å². The number of benzene rings is 1. The summed E-state index contributed by atoms with van der Waals surface area (Å²) in [6, 6.07) is 4.72. The van der Waals surface area contributed by atoms with Crippen molar-refractivity contribution >= 4 is 24.0 Å². The number of nitrogens with one attached hydrogen (secondary N) is 1. The average Bonchev–Trinajstić information content (AvgIpc) is 2.17. The molecule has 0 saturated heterocycles. The summed E-state index contributed by atoms with van der Waals surface area (Å²) in [4.78, 5) is 0. The van der Waals surface area contributed by atoms with E-state index in [4.69, 9.17) is 16.3 Å². The zero-order valence-electron chi connectivity index (χ0n) is 10.2. The molecular weight excluding hydrogens is 264 g/mol. The lowest BCUT2D eigenvalue weighted by molar-refractivity contribution is 0.167. The van der Waals surface area contributed by atoms with Crippen LogP contribution in [0, 0.1) is 5.82 Å². The molecule has 0 aliphatic carbocycles. The van der Waals surface area contributed by atoms with Crippen molar-refractivity contribution in [2.75, 3.05) is 13.7 Å². The SMILES string of the molecule is COCC(C)NC(C)c1c(F)cccc1Cl.Cl. The maximum absolute atomic E-state index is 13.6. The molecule has 0 heterocycles. The van der Waals surface area contributed by atoms with Crippen LogP contribution in [-0.4, -0.2) is 19.8 Å². The lowest BCUT2D eigenvalue weighted by Gasteiger charge is -2.21. The second-order valence-electron chi connectivity index (χ2n) is 3.88. The molecule has 1 rings (SSSR count). The highest BCUT2D eigenvalue weighted by Gasteiger charge is 2.16. The summed E-state index contributed by atoms with van der Waals surface area (Å²) in [6.45, 7) is 4.45. The molecule has 0 aliphatic rings. The summed E-state index contributed by atoms with van der Waals surface area (Å²) in [7, 11) is 1.64. The molecule has 17 heavy (non-hydrogen) atoms. The van der Waals surface area contributed by atoms with E-state index in [1.807, 2.05) is 13.8 Å². The van der Waals surface area contributed by atoms with Gasteiger partial charge in [0.2, 0.25) is 0 Å². The van der Waals surface area contributed by atoms with Crippen molar-refractivity contribution in [3.05, 3.63) is 34.6 Å². The molecule has 0 radical (unpaired) electrons. The van der Waals surface area contributed by atoms with Crippen molar-refractivity contribution in [2.24, 2.45) is 0 Å².